The Morgan fingerprint density at radius 2 is 1.95 bits per heavy atom. The van der Waals surface area contributed by atoms with Crippen LogP contribution < -0.4 is 10.1 Å². The van der Waals surface area contributed by atoms with Crippen molar-refractivity contribution in [2.24, 2.45) is 0 Å². The summed E-state index contributed by atoms with van der Waals surface area (Å²) >= 11 is 0. The van der Waals surface area contributed by atoms with Crippen LogP contribution in [0.1, 0.15) is 17.4 Å². The molecule has 0 aliphatic heterocycles. The smallest absolute Gasteiger partial charge is 0.133 e. The number of fused-ring (bicyclic) bond motifs is 1. The molecule has 114 valence electrons. The summed E-state index contributed by atoms with van der Waals surface area (Å²) in [7, 11) is 1.67. The molecule has 1 aromatic heterocycles. The first-order valence-corrected chi connectivity index (χ1v) is 7.25. The van der Waals surface area contributed by atoms with Gasteiger partial charge in [-0.3, -0.25) is 0 Å². The number of benzene rings is 2. The highest BCUT2D eigenvalue weighted by Crippen LogP contribution is 2.22. The first-order chi connectivity index (χ1) is 10.8. The second kappa shape index (κ2) is 6.64. The maximum Gasteiger partial charge on any atom is 0.133 e. The van der Waals surface area contributed by atoms with E-state index in [4.69, 9.17) is 9.15 Å². The van der Waals surface area contributed by atoms with Crippen LogP contribution in [0.5, 0.6) is 5.75 Å². The van der Waals surface area contributed by atoms with Crippen molar-refractivity contribution in [1.29, 1.82) is 0 Å². The van der Waals surface area contributed by atoms with E-state index in [1.165, 1.54) is 10.9 Å². The number of nitrogens with one attached hydrogen (secondary N) is 1. The molecule has 0 fully saturated rings. The Balaban J connectivity index is 1.62. The van der Waals surface area contributed by atoms with Crippen LogP contribution in [0.25, 0.3) is 10.8 Å². The van der Waals surface area contributed by atoms with Gasteiger partial charge in [-0.2, -0.15) is 0 Å². The number of ether oxygens (including phenoxy) is 1. The largest absolute Gasteiger partial charge is 0.497 e. The minimum Gasteiger partial charge on any atom is -0.497 e. The first-order valence-electron chi connectivity index (χ1n) is 7.25. The lowest BCUT2D eigenvalue weighted by atomic mass is 10.1. The molecule has 4 heteroatoms. The summed E-state index contributed by atoms with van der Waals surface area (Å²) in [4.78, 5) is 0. The van der Waals surface area contributed by atoms with Gasteiger partial charge in [0.2, 0.25) is 0 Å². The highest BCUT2D eigenvalue weighted by Gasteiger charge is 2.09. The van der Waals surface area contributed by atoms with Crippen molar-refractivity contribution in [3.8, 4) is 5.75 Å². The van der Waals surface area contributed by atoms with Crippen LogP contribution in [-0.4, -0.2) is 18.8 Å². The fourth-order valence-corrected chi connectivity index (χ4v) is 2.44. The van der Waals surface area contributed by atoms with Crippen molar-refractivity contribution in [1.82, 2.24) is 5.32 Å². The number of hydrogen-bond donors (Lipinski definition) is 2. The molecule has 0 aliphatic rings. The molecule has 0 bridgehead atoms. The van der Waals surface area contributed by atoms with Gasteiger partial charge in [-0.1, -0.05) is 18.2 Å². The molecule has 22 heavy (non-hydrogen) atoms. The Bertz CT molecular complexity index is 737. The van der Waals surface area contributed by atoms with Gasteiger partial charge in [-0.15, -0.1) is 0 Å². The summed E-state index contributed by atoms with van der Waals surface area (Å²) in [5, 5.41) is 15.5. The highest BCUT2D eigenvalue weighted by atomic mass is 16.5. The van der Waals surface area contributed by atoms with Gasteiger partial charge < -0.3 is 19.6 Å². The average Bonchev–Trinajstić information content (AvgIpc) is 3.08. The molecule has 0 radical (unpaired) electrons. The van der Waals surface area contributed by atoms with Gasteiger partial charge in [-0.25, -0.2) is 0 Å². The molecule has 0 spiro atoms. The van der Waals surface area contributed by atoms with E-state index in [9.17, 15) is 5.11 Å². The molecule has 0 amide bonds. The van der Waals surface area contributed by atoms with Gasteiger partial charge in [0.25, 0.3) is 0 Å². The monoisotopic (exact) mass is 297 g/mol. The summed E-state index contributed by atoms with van der Waals surface area (Å²) in [6.45, 7) is 1.15. The molecule has 1 unspecified atom stereocenters. The van der Waals surface area contributed by atoms with Crippen molar-refractivity contribution in [2.75, 3.05) is 13.7 Å². The fraction of sp³-hybridized carbons (Fsp3) is 0.222. The predicted molar refractivity (Wildman–Crippen MR) is 85.9 cm³/mol. The molecule has 4 nitrogen and oxygen atoms in total. The Morgan fingerprint density at radius 1 is 1.14 bits per heavy atom. The van der Waals surface area contributed by atoms with E-state index in [0.29, 0.717) is 18.8 Å². The van der Waals surface area contributed by atoms with Crippen LogP contribution in [0.2, 0.25) is 0 Å². The van der Waals surface area contributed by atoms with Crippen molar-refractivity contribution in [2.45, 2.75) is 12.6 Å². The summed E-state index contributed by atoms with van der Waals surface area (Å²) in [5.41, 5.74) is 1.17. The zero-order chi connectivity index (χ0) is 15.4. The standard InChI is InChI=1S/C18H19NO3/c1-21-16-7-6-14-9-13(4-5-15(14)10-16)11-19-12-17(20)18-3-2-8-22-18/h2-10,17,19-20H,11-12H2,1H3. The number of furan rings is 1. The number of aliphatic hydroxyl groups is 1. The Morgan fingerprint density at radius 3 is 2.73 bits per heavy atom. The zero-order valence-electron chi connectivity index (χ0n) is 12.5. The normalized spacial score (nSPS) is 12.5. The zero-order valence-corrected chi connectivity index (χ0v) is 12.5. The lowest BCUT2D eigenvalue weighted by molar-refractivity contribution is 0.147. The highest BCUT2D eigenvalue weighted by molar-refractivity contribution is 5.84. The van der Waals surface area contributed by atoms with Gasteiger partial charge in [0.15, 0.2) is 0 Å². The van der Waals surface area contributed by atoms with Crippen molar-refractivity contribution in [3.05, 3.63) is 66.1 Å². The van der Waals surface area contributed by atoms with Gasteiger partial charge in [0.05, 0.1) is 13.4 Å². The van der Waals surface area contributed by atoms with E-state index in [0.717, 1.165) is 11.1 Å². The predicted octanol–water partition coefficient (Wildman–Crippen LogP) is 3.26. The minimum absolute atomic E-state index is 0.453. The third-order valence-corrected chi connectivity index (χ3v) is 3.65. The Hall–Kier alpha value is -2.30. The third kappa shape index (κ3) is 3.30. The molecular formula is C18H19NO3. The summed E-state index contributed by atoms with van der Waals surface area (Å²) < 4.78 is 10.4. The van der Waals surface area contributed by atoms with E-state index in [1.54, 1.807) is 25.5 Å². The Kier molecular flexibility index (Phi) is 4.42. The van der Waals surface area contributed by atoms with E-state index in [2.05, 4.69) is 29.6 Å². The molecule has 2 N–H and O–H groups in total. The van der Waals surface area contributed by atoms with Crippen molar-refractivity contribution in [3.63, 3.8) is 0 Å². The van der Waals surface area contributed by atoms with Crippen LogP contribution in [0, 0.1) is 0 Å². The van der Waals surface area contributed by atoms with Gasteiger partial charge in [-0.05, 0) is 46.7 Å². The molecule has 1 heterocycles. The maximum atomic E-state index is 9.95. The van der Waals surface area contributed by atoms with E-state index < -0.39 is 6.10 Å². The van der Waals surface area contributed by atoms with E-state index in [1.807, 2.05) is 12.1 Å². The fourth-order valence-electron chi connectivity index (χ4n) is 2.44. The Labute approximate surface area is 129 Å². The quantitative estimate of drug-likeness (QED) is 0.733. The first kappa shape index (κ1) is 14.6. The lowest BCUT2D eigenvalue weighted by Crippen LogP contribution is -2.20. The second-order valence-corrected chi connectivity index (χ2v) is 5.21. The van der Waals surface area contributed by atoms with E-state index >= 15 is 0 Å². The van der Waals surface area contributed by atoms with Gasteiger partial charge in [0, 0.05) is 13.1 Å². The second-order valence-electron chi connectivity index (χ2n) is 5.21. The van der Waals surface area contributed by atoms with Crippen LogP contribution >= 0.6 is 0 Å². The third-order valence-electron chi connectivity index (χ3n) is 3.65. The van der Waals surface area contributed by atoms with Crippen molar-refractivity contribution >= 4 is 10.8 Å². The molecule has 2 aromatic carbocycles. The molecule has 0 saturated carbocycles. The number of methoxy groups -OCH3 is 1. The van der Waals surface area contributed by atoms with Crippen LogP contribution in [-0.2, 0) is 6.54 Å². The van der Waals surface area contributed by atoms with Crippen LogP contribution in [0.4, 0.5) is 0 Å². The van der Waals surface area contributed by atoms with Gasteiger partial charge in [0.1, 0.15) is 17.6 Å². The molecule has 0 saturated heterocycles. The van der Waals surface area contributed by atoms with Gasteiger partial charge >= 0.3 is 0 Å². The molecule has 3 aromatic rings. The summed E-state index contributed by atoms with van der Waals surface area (Å²) in [6, 6.07) is 15.9. The average molecular weight is 297 g/mol. The maximum absolute atomic E-state index is 9.95. The van der Waals surface area contributed by atoms with Crippen LogP contribution in [0.15, 0.2) is 59.2 Å². The topological polar surface area (TPSA) is 54.6 Å². The number of hydrogen-bond acceptors (Lipinski definition) is 4. The minimum atomic E-state index is -0.625. The molecule has 1 atom stereocenters. The molecular weight excluding hydrogens is 278 g/mol. The molecule has 3 rings (SSSR count). The lowest BCUT2D eigenvalue weighted by Gasteiger charge is -2.10. The summed E-state index contributed by atoms with van der Waals surface area (Å²) in [5.74, 6) is 1.44. The SMILES string of the molecule is COc1ccc2cc(CNCC(O)c3ccco3)ccc2c1. The molecule has 0 aliphatic carbocycles. The van der Waals surface area contributed by atoms with E-state index in [-0.39, 0.29) is 0 Å². The van der Waals surface area contributed by atoms with Crippen molar-refractivity contribution < 1.29 is 14.3 Å². The summed E-state index contributed by atoms with van der Waals surface area (Å²) in [6.07, 6.45) is 0.940. The number of rotatable bonds is 6. The number of aliphatic hydroxyl groups excluding tert-OH is 1. The van der Waals surface area contributed by atoms with Crippen LogP contribution in [0.3, 0.4) is 0 Å².